The Kier molecular flexibility index (Phi) is 5.85. The molecule has 8 heteroatoms. The number of hydrogen-bond acceptors (Lipinski definition) is 6. The molecule has 1 amide bonds. The first-order valence-electron chi connectivity index (χ1n) is 10.5. The lowest BCUT2D eigenvalue weighted by Crippen LogP contribution is -2.41. The van der Waals surface area contributed by atoms with Gasteiger partial charge in [-0.05, 0) is 50.1 Å². The number of aromatic hydroxyl groups is 1. The van der Waals surface area contributed by atoms with Gasteiger partial charge in [0.25, 0.3) is 5.91 Å². The Morgan fingerprint density at radius 1 is 1.25 bits per heavy atom. The number of nitrogen functional groups attached to an aromatic ring is 1. The standard InChI is InChI=1S/C24H25N3O5/c1-14-20(24(30)31)22(25)21-18(26-14)8-3-9-19(21)32-13-15-5-4-10-27(12-15)23(29)16-6-2-7-17(28)11-16/h2-3,6-9,11,15,28H,4-5,10,12-13H2,1H3,(H2,25,26)(H,30,31). The summed E-state index contributed by atoms with van der Waals surface area (Å²) in [6.07, 6.45) is 1.75. The molecule has 32 heavy (non-hydrogen) atoms. The number of fused-ring (bicyclic) bond motifs is 1. The largest absolute Gasteiger partial charge is 0.508 e. The Labute approximate surface area is 185 Å². The van der Waals surface area contributed by atoms with Crippen LogP contribution >= 0.6 is 0 Å². The molecule has 0 bridgehead atoms. The Morgan fingerprint density at radius 2 is 2.03 bits per heavy atom. The topological polar surface area (TPSA) is 126 Å². The number of nitrogens with zero attached hydrogens (tertiary/aromatic N) is 2. The van der Waals surface area contributed by atoms with E-state index in [1.54, 1.807) is 42.2 Å². The minimum atomic E-state index is -1.13. The number of carboxylic acids is 1. The number of pyridine rings is 1. The van der Waals surface area contributed by atoms with Crippen LogP contribution in [0.2, 0.25) is 0 Å². The lowest BCUT2D eigenvalue weighted by molar-refractivity contribution is 0.0633. The van der Waals surface area contributed by atoms with E-state index < -0.39 is 5.97 Å². The molecule has 2 heterocycles. The number of hydrogen-bond donors (Lipinski definition) is 3. The van der Waals surface area contributed by atoms with Gasteiger partial charge in [0, 0.05) is 24.6 Å². The van der Waals surface area contributed by atoms with Crippen molar-refractivity contribution < 1.29 is 24.5 Å². The monoisotopic (exact) mass is 435 g/mol. The number of rotatable bonds is 5. The van der Waals surface area contributed by atoms with E-state index in [1.807, 2.05) is 0 Å². The SMILES string of the molecule is Cc1nc2cccc(OCC3CCCN(C(=O)c4cccc(O)c4)C3)c2c(N)c1C(=O)O. The van der Waals surface area contributed by atoms with E-state index >= 15 is 0 Å². The van der Waals surface area contributed by atoms with Crippen LogP contribution in [0.3, 0.4) is 0 Å². The lowest BCUT2D eigenvalue weighted by Gasteiger charge is -2.33. The molecule has 1 saturated heterocycles. The van der Waals surface area contributed by atoms with Gasteiger partial charge in [0.15, 0.2) is 0 Å². The molecule has 1 aliphatic heterocycles. The van der Waals surface area contributed by atoms with E-state index in [1.165, 1.54) is 12.1 Å². The molecule has 1 fully saturated rings. The maximum Gasteiger partial charge on any atom is 0.339 e. The number of aromatic nitrogens is 1. The molecule has 3 aromatic rings. The quantitative estimate of drug-likeness (QED) is 0.560. The van der Waals surface area contributed by atoms with Crippen LogP contribution in [0.15, 0.2) is 42.5 Å². The van der Waals surface area contributed by atoms with Crippen molar-refractivity contribution in [2.45, 2.75) is 19.8 Å². The molecule has 1 unspecified atom stereocenters. The number of carboxylic acid groups (broad SMARTS) is 1. The molecule has 1 aliphatic rings. The molecule has 166 valence electrons. The smallest absolute Gasteiger partial charge is 0.339 e. The van der Waals surface area contributed by atoms with Gasteiger partial charge in [-0.2, -0.15) is 0 Å². The van der Waals surface area contributed by atoms with Crippen LogP contribution in [0.1, 0.15) is 39.3 Å². The summed E-state index contributed by atoms with van der Waals surface area (Å²) in [7, 11) is 0. The normalized spacial score (nSPS) is 16.2. The Morgan fingerprint density at radius 3 is 2.78 bits per heavy atom. The molecule has 0 radical (unpaired) electrons. The number of amides is 1. The first-order chi connectivity index (χ1) is 15.3. The molecule has 2 aromatic carbocycles. The Hall–Kier alpha value is -3.81. The molecule has 1 aromatic heterocycles. The second-order valence-corrected chi connectivity index (χ2v) is 8.06. The van der Waals surface area contributed by atoms with Crippen molar-refractivity contribution in [1.82, 2.24) is 9.88 Å². The fourth-order valence-corrected chi connectivity index (χ4v) is 4.24. The molecular weight excluding hydrogens is 410 g/mol. The average Bonchev–Trinajstić information content (AvgIpc) is 2.77. The van der Waals surface area contributed by atoms with Gasteiger partial charge in [0.2, 0.25) is 0 Å². The van der Waals surface area contributed by atoms with E-state index in [-0.39, 0.29) is 28.8 Å². The minimum absolute atomic E-state index is 0.0194. The van der Waals surface area contributed by atoms with Crippen LogP contribution in [0.25, 0.3) is 10.9 Å². The first-order valence-corrected chi connectivity index (χ1v) is 10.5. The predicted molar refractivity (Wildman–Crippen MR) is 120 cm³/mol. The first kappa shape index (κ1) is 21.4. The highest BCUT2D eigenvalue weighted by atomic mass is 16.5. The Balaban J connectivity index is 1.51. The zero-order valence-electron chi connectivity index (χ0n) is 17.7. The number of aromatic carboxylic acids is 1. The van der Waals surface area contributed by atoms with Crippen LogP contribution in [0.4, 0.5) is 5.69 Å². The summed E-state index contributed by atoms with van der Waals surface area (Å²) < 4.78 is 6.08. The van der Waals surface area contributed by atoms with Gasteiger partial charge in [0.05, 0.1) is 28.9 Å². The highest BCUT2D eigenvalue weighted by Gasteiger charge is 2.26. The third kappa shape index (κ3) is 4.16. The van der Waals surface area contributed by atoms with Crippen LogP contribution in [-0.2, 0) is 0 Å². The zero-order chi connectivity index (χ0) is 22.8. The summed E-state index contributed by atoms with van der Waals surface area (Å²) in [6.45, 7) is 3.16. The van der Waals surface area contributed by atoms with Crippen LogP contribution in [-0.4, -0.2) is 51.7 Å². The number of aryl methyl sites for hydroxylation is 1. The van der Waals surface area contributed by atoms with Gasteiger partial charge in [-0.3, -0.25) is 9.78 Å². The van der Waals surface area contributed by atoms with Crippen molar-refractivity contribution in [2.75, 3.05) is 25.4 Å². The van der Waals surface area contributed by atoms with Gasteiger partial charge >= 0.3 is 5.97 Å². The number of nitrogens with two attached hydrogens (primary N) is 1. The predicted octanol–water partition coefficient (Wildman–Crippen LogP) is 3.46. The number of phenolic OH excluding ortho intramolecular Hbond substituents is 1. The number of carbonyl (C=O) groups excluding carboxylic acids is 1. The molecule has 1 atom stereocenters. The molecule has 0 aliphatic carbocycles. The third-order valence-electron chi connectivity index (χ3n) is 5.78. The summed E-state index contributed by atoms with van der Waals surface area (Å²) in [5.74, 6) is -0.598. The van der Waals surface area contributed by atoms with Crippen LogP contribution < -0.4 is 10.5 Å². The van der Waals surface area contributed by atoms with Crippen LogP contribution in [0, 0.1) is 12.8 Å². The van der Waals surface area contributed by atoms with E-state index in [9.17, 15) is 19.8 Å². The van der Waals surface area contributed by atoms with Crippen molar-refractivity contribution >= 4 is 28.5 Å². The summed E-state index contributed by atoms with van der Waals surface area (Å²) in [5, 5.41) is 19.7. The van der Waals surface area contributed by atoms with Crippen LogP contribution in [0.5, 0.6) is 11.5 Å². The lowest BCUT2D eigenvalue weighted by atomic mass is 9.98. The van der Waals surface area contributed by atoms with Gasteiger partial charge in [-0.15, -0.1) is 0 Å². The fourth-order valence-electron chi connectivity index (χ4n) is 4.24. The molecule has 8 nitrogen and oxygen atoms in total. The van der Waals surface area contributed by atoms with Crippen molar-refractivity contribution in [3.8, 4) is 11.5 Å². The third-order valence-corrected chi connectivity index (χ3v) is 5.78. The summed E-state index contributed by atoms with van der Waals surface area (Å²) in [4.78, 5) is 30.6. The zero-order valence-corrected chi connectivity index (χ0v) is 17.7. The number of carbonyl (C=O) groups is 2. The number of anilines is 1. The molecule has 0 saturated carbocycles. The number of likely N-dealkylation sites (tertiary alicyclic amines) is 1. The summed E-state index contributed by atoms with van der Waals surface area (Å²) >= 11 is 0. The maximum absolute atomic E-state index is 12.8. The molecular formula is C24H25N3O5. The van der Waals surface area contributed by atoms with Crippen molar-refractivity contribution in [1.29, 1.82) is 0 Å². The number of benzene rings is 2. The van der Waals surface area contributed by atoms with Gasteiger partial charge in [0.1, 0.15) is 17.1 Å². The van der Waals surface area contributed by atoms with E-state index in [4.69, 9.17) is 10.5 Å². The Bertz CT molecular complexity index is 1190. The van der Waals surface area contributed by atoms with Crippen molar-refractivity contribution in [3.63, 3.8) is 0 Å². The fraction of sp³-hybridized carbons (Fsp3) is 0.292. The van der Waals surface area contributed by atoms with E-state index in [0.717, 1.165) is 12.8 Å². The highest BCUT2D eigenvalue weighted by molar-refractivity contribution is 6.06. The van der Waals surface area contributed by atoms with Gasteiger partial charge < -0.3 is 25.6 Å². The van der Waals surface area contributed by atoms with Crippen molar-refractivity contribution in [2.24, 2.45) is 5.92 Å². The van der Waals surface area contributed by atoms with Gasteiger partial charge in [-0.25, -0.2) is 4.79 Å². The molecule has 4 N–H and O–H groups in total. The highest BCUT2D eigenvalue weighted by Crippen LogP contribution is 2.34. The minimum Gasteiger partial charge on any atom is -0.508 e. The molecule has 4 rings (SSSR count). The molecule has 0 spiro atoms. The summed E-state index contributed by atoms with van der Waals surface area (Å²) in [6, 6.07) is 11.7. The average molecular weight is 435 g/mol. The van der Waals surface area contributed by atoms with Gasteiger partial charge in [-0.1, -0.05) is 12.1 Å². The number of ether oxygens (including phenoxy) is 1. The summed E-state index contributed by atoms with van der Waals surface area (Å²) in [5.41, 5.74) is 7.70. The van der Waals surface area contributed by atoms with E-state index in [0.29, 0.717) is 47.6 Å². The van der Waals surface area contributed by atoms with E-state index in [2.05, 4.69) is 4.98 Å². The number of piperidine rings is 1. The second-order valence-electron chi connectivity index (χ2n) is 8.06. The van der Waals surface area contributed by atoms with Crippen molar-refractivity contribution in [3.05, 3.63) is 59.3 Å². The second kappa shape index (κ2) is 8.74. The number of phenols is 1. The maximum atomic E-state index is 12.8.